The Labute approximate surface area is 82.8 Å². The summed E-state index contributed by atoms with van der Waals surface area (Å²) in [5.41, 5.74) is 0. The molecule has 14 heavy (non-hydrogen) atoms. The average Bonchev–Trinajstić information content (AvgIpc) is 2.06. The summed E-state index contributed by atoms with van der Waals surface area (Å²) in [4.78, 5) is 24.8. The van der Waals surface area contributed by atoms with Crippen LogP contribution < -0.4 is 10.6 Å². The van der Waals surface area contributed by atoms with Crippen LogP contribution in [0.1, 0.15) is 6.92 Å². The minimum absolute atomic E-state index is 0.0446. The maximum Gasteiger partial charge on any atom is 0.242 e. The molecule has 2 aliphatic heterocycles. The maximum atomic E-state index is 11.8. The van der Waals surface area contributed by atoms with Crippen molar-refractivity contribution in [3.05, 3.63) is 0 Å². The number of carbonyl (C=O) groups excluding carboxylic acids is 2. The van der Waals surface area contributed by atoms with Gasteiger partial charge in [-0.2, -0.15) is 0 Å². The van der Waals surface area contributed by atoms with E-state index in [9.17, 15) is 9.59 Å². The number of nitrogens with one attached hydrogen (secondary N) is 2. The quantitative estimate of drug-likeness (QED) is 0.541. The molecule has 78 valence electrons. The number of hydrogen-bond donors (Lipinski definition) is 2. The van der Waals surface area contributed by atoms with Gasteiger partial charge in [-0.05, 0) is 6.92 Å². The monoisotopic (exact) mass is 197 g/mol. The average molecular weight is 197 g/mol. The Morgan fingerprint density at radius 1 is 1.50 bits per heavy atom. The first-order valence-electron chi connectivity index (χ1n) is 4.99. The lowest BCUT2D eigenvalue weighted by Crippen LogP contribution is -2.60. The van der Waals surface area contributed by atoms with Crippen molar-refractivity contribution in [2.45, 2.75) is 13.0 Å². The maximum absolute atomic E-state index is 11.8. The summed E-state index contributed by atoms with van der Waals surface area (Å²) in [6, 6.07) is -0.308. The van der Waals surface area contributed by atoms with Crippen LogP contribution in [0.15, 0.2) is 0 Å². The van der Waals surface area contributed by atoms with Crippen LogP contribution in [0, 0.1) is 5.92 Å². The van der Waals surface area contributed by atoms with E-state index in [-0.39, 0.29) is 23.8 Å². The molecule has 2 aliphatic rings. The molecule has 2 amide bonds. The number of amides is 2. The first kappa shape index (κ1) is 9.45. The topological polar surface area (TPSA) is 61.4 Å². The molecule has 1 unspecified atom stereocenters. The van der Waals surface area contributed by atoms with Gasteiger partial charge in [0.15, 0.2) is 0 Å². The van der Waals surface area contributed by atoms with Crippen molar-refractivity contribution in [2.24, 2.45) is 5.92 Å². The summed E-state index contributed by atoms with van der Waals surface area (Å²) in [5, 5.41) is 5.80. The highest BCUT2D eigenvalue weighted by atomic mass is 16.2. The molecule has 0 aromatic heterocycles. The molecule has 2 N–H and O–H groups in total. The molecular weight excluding hydrogens is 182 g/mol. The summed E-state index contributed by atoms with van der Waals surface area (Å²) in [6.07, 6.45) is 0. The van der Waals surface area contributed by atoms with Gasteiger partial charge in [0.25, 0.3) is 0 Å². The Morgan fingerprint density at radius 3 is 2.79 bits per heavy atom. The Kier molecular flexibility index (Phi) is 2.41. The van der Waals surface area contributed by atoms with Crippen LogP contribution >= 0.6 is 0 Å². The molecule has 5 heteroatoms. The van der Waals surface area contributed by atoms with Crippen LogP contribution in [0.5, 0.6) is 0 Å². The van der Waals surface area contributed by atoms with E-state index in [1.165, 1.54) is 0 Å². The van der Waals surface area contributed by atoms with E-state index < -0.39 is 0 Å². The number of carbonyl (C=O) groups is 2. The lowest BCUT2D eigenvalue weighted by Gasteiger charge is -2.37. The number of hydrogen-bond acceptors (Lipinski definition) is 3. The van der Waals surface area contributed by atoms with E-state index in [0.29, 0.717) is 13.1 Å². The molecule has 5 nitrogen and oxygen atoms in total. The summed E-state index contributed by atoms with van der Waals surface area (Å²) < 4.78 is 0. The number of piperazine rings is 1. The minimum atomic E-state index is -0.308. The van der Waals surface area contributed by atoms with Gasteiger partial charge in [0.05, 0.1) is 5.92 Å². The highest BCUT2D eigenvalue weighted by Crippen LogP contribution is 2.12. The molecule has 2 heterocycles. The standard InChI is InChI=1S/C9H15N3O2/c1-6-8(13)11-2-3-12(6)9(14)7-4-10-5-7/h6-7,10H,2-5H2,1H3,(H,11,13). The first-order chi connectivity index (χ1) is 6.70. The second-order valence-corrected chi connectivity index (χ2v) is 3.85. The molecule has 1 atom stereocenters. The second-order valence-electron chi connectivity index (χ2n) is 3.85. The number of rotatable bonds is 1. The minimum Gasteiger partial charge on any atom is -0.353 e. The van der Waals surface area contributed by atoms with Crippen LogP contribution in [0.2, 0.25) is 0 Å². The zero-order valence-electron chi connectivity index (χ0n) is 8.25. The molecule has 0 radical (unpaired) electrons. The van der Waals surface area contributed by atoms with Gasteiger partial charge < -0.3 is 15.5 Å². The smallest absolute Gasteiger partial charge is 0.242 e. The van der Waals surface area contributed by atoms with Crippen molar-refractivity contribution in [1.82, 2.24) is 15.5 Å². The van der Waals surface area contributed by atoms with Gasteiger partial charge in [-0.3, -0.25) is 9.59 Å². The predicted octanol–water partition coefficient (Wildman–Crippen LogP) is -1.45. The normalized spacial score (nSPS) is 28.2. The van der Waals surface area contributed by atoms with Crippen molar-refractivity contribution in [1.29, 1.82) is 0 Å². The van der Waals surface area contributed by atoms with E-state index in [1.807, 2.05) is 0 Å². The second kappa shape index (κ2) is 3.57. The summed E-state index contributed by atoms with van der Waals surface area (Å²) in [5.74, 6) is 0.159. The van der Waals surface area contributed by atoms with E-state index in [1.54, 1.807) is 11.8 Å². The van der Waals surface area contributed by atoms with Crippen molar-refractivity contribution >= 4 is 11.8 Å². The molecule has 0 aromatic rings. The summed E-state index contributed by atoms with van der Waals surface area (Å²) in [6.45, 7) is 4.50. The van der Waals surface area contributed by atoms with E-state index >= 15 is 0 Å². The zero-order valence-corrected chi connectivity index (χ0v) is 8.25. The Bertz CT molecular complexity index is 263. The fourth-order valence-electron chi connectivity index (χ4n) is 1.78. The Morgan fingerprint density at radius 2 is 2.21 bits per heavy atom. The van der Waals surface area contributed by atoms with Gasteiger partial charge in [0, 0.05) is 26.2 Å². The molecular formula is C9H15N3O2. The van der Waals surface area contributed by atoms with Crippen molar-refractivity contribution in [3.63, 3.8) is 0 Å². The van der Waals surface area contributed by atoms with Gasteiger partial charge in [0.2, 0.25) is 11.8 Å². The third-order valence-corrected chi connectivity index (χ3v) is 2.91. The molecule has 0 aliphatic carbocycles. The molecule has 0 bridgehead atoms. The van der Waals surface area contributed by atoms with Gasteiger partial charge in [-0.25, -0.2) is 0 Å². The van der Waals surface area contributed by atoms with Crippen molar-refractivity contribution < 1.29 is 9.59 Å². The molecule has 2 saturated heterocycles. The van der Waals surface area contributed by atoms with Crippen LogP contribution in [0.3, 0.4) is 0 Å². The molecule has 0 aromatic carbocycles. The third-order valence-electron chi connectivity index (χ3n) is 2.91. The molecule has 0 spiro atoms. The van der Waals surface area contributed by atoms with Crippen molar-refractivity contribution in [2.75, 3.05) is 26.2 Å². The van der Waals surface area contributed by atoms with Crippen LogP contribution in [-0.4, -0.2) is 48.9 Å². The van der Waals surface area contributed by atoms with E-state index in [2.05, 4.69) is 10.6 Å². The Hall–Kier alpha value is -1.10. The Balaban J connectivity index is 2.00. The van der Waals surface area contributed by atoms with Crippen LogP contribution in [0.25, 0.3) is 0 Å². The van der Waals surface area contributed by atoms with Gasteiger partial charge >= 0.3 is 0 Å². The molecule has 0 saturated carbocycles. The fourth-order valence-corrected chi connectivity index (χ4v) is 1.78. The van der Waals surface area contributed by atoms with Gasteiger partial charge in [-0.1, -0.05) is 0 Å². The lowest BCUT2D eigenvalue weighted by molar-refractivity contribution is -0.146. The van der Waals surface area contributed by atoms with Crippen LogP contribution in [-0.2, 0) is 9.59 Å². The third kappa shape index (κ3) is 1.48. The predicted molar refractivity (Wildman–Crippen MR) is 50.5 cm³/mol. The SMILES string of the molecule is CC1C(=O)NCCN1C(=O)C1CNC1. The fraction of sp³-hybridized carbons (Fsp3) is 0.778. The molecule has 2 fully saturated rings. The lowest BCUT2D eigenvalue weighted by atomic mass is 10.00. The molecule has 2 rings (SSSR count). The van der Waals surface area contributed by atoms with Crippen LogP contribution in [0.4, 0.5) is 0 Å². The first-order valence-corrected chi connectivity index (χ1v) is 4.99. The zero-order chi connectivity index (χ0) is 10.1. The van der Waals surface area contributed by atoms with E-state index in [4.69, 9.17) is 0 Å². The summed E-state index contributed by atoms with van der Waals surface area (Å²) >= 11 is 0. The highest BCUT2D eigenvalue weighted by molar-refractivity contribution is 5.89. The number of nitrogens with zero attached hydrogens (tertiary/aromatic N) is 1. The van der Waals surface area contributed by atoms with Gasteiger partial charge in [0.1, 0.15) is 6.04 Å². The van der Waals surface area contributed by atoms with E-state index in [0.717, 1.165) is 13.1 Å². The summed E-state index contributed by atoms with van der Waals surface area (Å²) in [7, 11) is 0. The van der Waals surface area contributed by atoms with Crippen molar-refractivity contribution in [3.8, 4) is 0 Å². The highest BCUT2D eigenvalue weighted by Gasteiger charge is 2.35. The largest absolute Gasteiger partial charge is 0.353 e. The van der Waals surface area contributed by atoms with Gasteiger partial charge in [-0.15, -0.1) is 0 Å².